The number of rotatable bonds is 6. The number of methoxy groups -OCH3 is 1. The number of alkyl halides is 2. The number of carbonyl (C=O) groups is 1. The lowest BCUT2D eigenvalue weighted by atomic mass is 9.81. The number of nitrogens with two attached hydrogens (primary N) is 1. The van der Waals surface area contributed by atoms with E-state index in [0.717, 1.165) is 0 Å². The third-order valence-corrected chi connectivity index (χ3v) is 5.55. The van der Waals surface area contributed by atoms with Gasteiger partial charge in [-0.25, -0.2) is 13.8 Å². The standard InChI is InChI=1S/C22H17F2N7O4/c1-34-21-15(3-5-28-31-21)35-20-11(9-27-19(30-20)10-7-22(23,24)8-10)13-6-14(32)16-12(29-13)2-4-26-17(16)18(25)33/h2-6,9-10H,7-8H2,1H3,(H2,25,33)(H,29,32). The molecule has 1 fully saturated rings. The van der Waals surface area contributed by atoms with Crippen molar-refractivity contribution in [1.29, 1.82) is 0 Å². The number of hydrogen-bond donors (Lipinski definition) is 2. The normalized spacial score (nSPS) is 14.9. The second kappa shape index (κ2) is 8.34. The SMILES string of the molecule is COc1nnccc1Oc1nc(C2CC(F)(F)C2)ncc1-c1cc(=O)c2c(C(N)=O)nccc2[nH]1. The fourth-order valence-corrected chi connectivity index (χ4v) is 3.84. The molecule has 0 atom stereocenters. The molecule has 0 saturated heterocycles. The zero-order valence-electron chi connectivity index (χ0n) is 18.2. The van der Waals surface area contributed by atoms with Gasteiger partial charge < -0.3 is 20.2 Å². The third-order valence-electron chi connectivity index (χ3n) is 5.55. The number of hydrogen-bond acceptors (Lipinski definition) is 9. The van der Waals surface area contributed by atoms with Gasteiger partial charge in [0.2, 0.25) is 11.8 Å². The number of amides is 1. The summed E-state index contributed by atoms with van der Waals surface area (Å²) >= 11 is 0. The van der Waals surface area contributed by atoms with Crippen LogP contribution in [0, 0.1) is 0 Å². The molecular weight excluding hydrogens is 464 g/mol. The lowest BCUT2D eigenvalue weighted by molar-refractivity contribution is -0.0886. The number of nitrogens with zero attached hydrogens (tertiary/aromatic N) is 5. The van der Waals surface area contributed by atoms with Crippen LogP contribution >= 0.6 is 0 Å². The van der Waals surface area contributed by atoms with E-state index in [4.69, 9.17) is 15.2 Å². The van der Waals surface area contributed by atoms with Crippen LogP contribution in [0.5, 0.6) is 17.5 Å². The molecule has 4 heterocycles. The quantitative estimate of drug-likeness (QED) is 0.422. The van der Waals surface area contributed by atoms with Crippen LogP contribution in [0.25, 0.3) is 22.2 Å². The van der Waals surface area contributed by atoms with Crippen LogP contribution in [0.2, 0.25) is 0 Å². The minimum absolute atomic E-state index is 0.0179. The van der Waals surface area contributed by atoms with E-state index in [1.807, 2.05) is 0 Å². The lowest BCUT2D eigenvalue weighted by Gasteiger charge is -2.33. The summed E-state index contributed by atoms with van der Waals surface area (Å²) in [6, 6.07) is 4.22. The Morgan fingerprint density at radius 3 is 2.71 bits per heavy atom. The summed E-state index contributed by atoms with van der Waals surface area (Å²) in [6.07, 6.45) is 3.34. The minimum Gasteiger partial charge on any atom is -0.477 e. The molecule has 5 rings (SSSR count). The molecule has 1 aliphatic rings. The van der Waals surface area contributed by atoms with E-state index < -0.39 is 23.2 Å². The molecule has 0 aliphatic heterocycles. The van der Waals surface area contributed by atoms with Gasteiger partial charge in [-0.2, -0.15) is 10.1 Å². The van der Waals surface area contributed by atoms with Gasteiger partial charge in [0.05, 0.1) is 35.5 Å². The lowest BCUT2D eigenvalue weighted by Crippen LogP contribution is -2.34. The molecule has 1 amide bonds. The number of primary amides is 1. The minimum atomic E-state index is -2.76. The monoisotopic (exact) mass is 481 g/mol. The first kappa shape index (κ1) is 22.3. The fraction of sp³-hybridized carbons (Fsp3) is 0.227. The Labute approximate surface area is 195 Å². The van der Waals surface area contributed by atoms with Gasteiger partial charge in [-0.15, -0.1) is 5.10 Å². The second-order valence-electron chi connectivity index (χ2n) is 7.91. The van der Waals surface area contributed by atoms with E-state index in [1.54, 1.807) is 0 Å². The molecule has 3 N–H and O–H groups in total. The van der Waals surface area contributed by atoms with Crippen LogP contribution in [0.1, 0.15) is 35.1 Å². The van der Waals surface area contributed by atoms with E-state index >= 15 is 0 Å². The van der Waals surface area contributed by atoms with Crippen LogP contribution < -0.4 is 20.6 Å². The first-order valence-electron chi connectivity index (χ1n) is 10.4. The Hall–Kier alpha value is -4.55. The van der Waals surface area contributed by atoms with Crippen molar-refractivity contribution in [3.63, 3.8) is 0 Å². The molecule has 4 aromatic heterocycles. The molecule has 178 valence electrons. The predicted octanol–water partition coefficient (Wildman–Crippen LogP) is 2.58. The Bertz CT molecular complexity index is 1520. The maximum Gasteiger partial charge on any atom is 0.276 e. The number of H-pyrrole nitrogens is 1. The first-order valence-corrected chi connectivity index (χ1v) is 10.4. The smallest absolute Gasteiger partial charge is 0.276 e. The van der Waals surface area contributed by atoms with Crippen molar-refractivity contribution in [2.75, 3.05) is 7.11 Å². The molecule has 4 aromatic rings. The molecule has 1 saturated carbocycles. The van der Waals surface area contributed by atoms with E-state index in [-0.39, 0.29) is 58.5 Å². The van der Waals surface area contributed by atoms with Crippen molar-refractivity contribution in [1.82, 2.24) is 30.1 Å². The van der Waals surface area contributed by atoms with Gasteiger partial charge in [-0.1, -0.05) is 0 Å². The number of aromatic amines is 1. The van der Waals surface area contributed by atoms with E-state index in [2.05, 4.69) is 30.1 Å². The maximum atomic E-state index is 13.5. The van der Waals surface area contributed by atoms with Gasteiger partial charge >= 0.3 is 0 Å². The molecule has 0 spiro atoms. The van der Waals surface area contributed by atoms with Crippen molar-refractivity contribution in [3.05, 3.63) is 58.5 Å². The highest BCUT2D eigenvalue weighted by Gasteiger charge is 2.47. The van der Waals surface area contributed by atoms with Crippen LogP contribution in [-0.4, -0.2) is 49.1 Å². The van der Waals surface area contributed by atoms with Crippen molar-refractivity contribution in [2.24, 2.45) is 5.73 Å². The molecule has 35 heavy (non-hydrogen) atoms. The number of nitrogens with one attached hydrogen (secondary N) is 1. The van der Waals surface area contributed by atoms with Crippen molar-refractivity contribution >= 4 is 16.8 Å². The molecule has 0 unspecified atom stereocenters. The van der Waals surface area contributed by atoms with Gasteiger partial charge in [0, 0.05) is 43.3 Å². The van der Waals surface area contributed by atoms with Crippen LogP contribution in [0.4, 0.5) is 8.78 Å². The topological polar surface area (TPSA) is 159 Å². The first-order chi connectivity index (χ1) is 16.8. The second-order valence-corrected chi connectivity index (χ2v) is 7.91. The number of ether oxygens (including phenoxy) is 2. The van der Waals surface area contributed by atoms with E-state index in [0.29, 0.717) is 5.52 Å². The van der Waals surface area contributed by atoms with Gasteiger partial charge in [0.25, 0.3) is 11.8 Å². The maximum absolute atomic E-state index is 13.5. The average Bonchev–Trinajstić information content (AvgIpc) is 2.82. The van der Waals surface area contributed by atoms with Crippen molar-refractivity contribution < 1.29 is 23.0 Å². The summed E-state index contributed by atoms with van der Waals surface area (Å²) in [4.78, 5) is 40.2. The summed E-state index contributed by atoms with van der Waals surface area (Å²) < 4.78 is 38.0. The summed E-state index contributed by atoms with van der Waals surface area (Å²) in [6.45, 7) is 0. The van der Waals surface area contributed by atoms with Gasteiger partial charge in [0.1, 0.15) is 11.5 Å². The Balaban J connectivity index is 1.65. The number of aromatic nitrogens is 6. The van der Waals surface area contributed by atoms with Crippen LogP contribution in [-0.2, 0) is 0 Å². The Kier molecular flexibility index (Phi) is 5.30. The summed E-state index contributed by atoms with van der Waals surface area (Å²) in [7, 11) is 1.38. The largest absolute Gasteiger partial charge is 0.477 e. The fourth-order valence-electron chi connectivity index (χ4n) is 3.84. The number of carbonyl (C=O) groups excluding carboxylic acids is 1. The van der Waals surface area contributed by atoms with E-state index in [1.165, 1.54) is 43.9 Å². The summed E-state index contributed by atoms with van der Waals surface area (Å²) in [5.41, 5.74) is 5.47. The van der Waals surface area contributed by atoms with E-state index in [9.17, 15) is 18.4 Å². The van der Waals surface area contributed by atoms with Crippen LogP contribution in [0.15, 0.2) is 41.6 Å². The number of fused-ring (bicyclic) bond motifs is 1. The molecule has 0 aromatic carbocycles. The molecule has 11 nitrogen and oxygen atoms in total. The average molecular weight is 481 g/mol. The van der Waals surface area contributed by atoms with Gasteiger partial charge in [-0.05, 0) is 6.07 Å². The summed E-state index contributed by atoms with van der Waals surface area (Å²) in [5.74, 6) is -3.76. The zero-order chi connectivity index (χ0) is 24.7. The highest BCUT2D eigenvalue weighted by Crippen LogP contribution is 2.48. The summed E-state index contributed by atoms with van der Waals surface area (Å²) in [5, 5.41) is 7.59. The number of halogens is 2. The highest BCUT2D eigenvalue weighted by molar-refractivity contribution is 6.03. The molecule has 0 radical (unpaired) electrons. The van der Waals surface area contributed by atoms with Gasteiger partial charge in [0.15, 0.2) is 11.2 Å². The Morgan fingerprint density at radius 2 is 2.00 bits per heavy atom. The Morgan fingerprint density at radius 1 is 1.20 bits per heavy atom. The third kappa shape index (κ3) is 4.11. The number of pyridine rings is 2. The van der Waals surface area contributed by atoms with Crippen molar-refractivity contribution in [3.8, 4) is 28.8 Å². The highest BCUT2D eigenvalue weighted by atomic mass is 19.3. The van der Waals surface area contributed by atoms with Crippen LogP contribution in [0.3, 0.4) is 0 Å². The molecule has 0 bridgehead atoms. The predicted molar refractivity (Wildman–Crippen MR) is 117 cm³/mol. The van der Waals surface area contributed by atoms with Gasteiger partial charge in [-0.3, -0.25) is 14.6 Å². The molecule has 13 heteroatoms. The molecule has 1 aliphatic carbocycles. The van der Waals surface area contributed by atoms with Crippen molar-refractivity contribution in [2.45, 2.75) is 24.7 Å². The zero-order valence-corrected chi connectivity index (χ0v) is 18.2. The molecular formula is C22H17F2N7O4.